The molecule has 1 amide bonds. The molecule has 2 N–H and O–H groups in total. The number of hydrogen-bond donors (Lipinski definition) is 2. The fourth-order valence-corrected chi connectivity index (χ4v) is 3.13. The first-order valence-electron chi connectivity index (χ1n) is 7.88. The van der Waals surface area contributed by atoms with Crippen LogP contribution in [0, 0.1) is 12.7 Å². The molecular formula is C18H17FN3O3S+. The zero-order valence-electron chi connectivity index (χ0n) is 14.2. The Labute approximate surface area is 153 Å². The van der Waals surface area contributed by atoms with Gasteiger partial charge in [0.2, 0.25) is 11.6 Å². The molecule has 134 valence electrons. The van der Waals surface area contributed by atoms with Gasteiger partial charge in [0.1, 0.15) is 5.82 Å². The molecule has 0 aliphatic heterocycles. The van der Waals surface area contributed by atoms with Crippen molar-refractivity contribution in [3.05, 3.63) is 70.3 Å². The smallest absolute Gasteiger partial charge is 0.323 e. The Hall–Kier alpha value is -2.87. The molecule has 0 aliphatic rings. The molecule has 0 saturated heterocycles. The second-order valence-electron chi connectivity index (χ2n) is 5.69. The van der Waals surface area contributed by atoms with Gasteiger partial charge in [0.25, 0.3) is 0 Å². The normalized spacial score (nSPS) is 12.0. The molecule has 2 aromatic carbocycles. The van der Waals surface area contributed by atoms with Crippen LogP contribution in [0.25, 0.3) is 5.69 Å². The van der Waals surface area contributed by atoms with Gasteiger partial charge in [0.05, 0.1) is 10.9 Å². The third kappa shape index (κ3) is 3.85. The number of benzene rings is 2. The van der Waals surface area contributed by atoms with Crippen LogP contribution in [0.2, 0.25) is 0 Å². The maximum Gasteiger partial charge on any atom is 0.442 e. The number of hydrogen-bond acceptors (Lipinski definition) is 4. The van der Waals surface area contributed by atoms with E-state index in [1.807, 2.05) is 31.2 Å². The maximum atomic E-state index is 13.7. The van der Waals surface area contributed by atoms with E-state index in [-0.39, 0.29) is 10.7 Å². The monoisotopic (exact) mass is 374 g/mol. The highest BCUT2D eigenvalue weighted by atomic mass is 32.2. The van der Waals surface area contributed by atoms with E-state index in [0.717, 1.165) is 17.3 Å². The van der Waals surface area contributed by atoms with Gasteiger partial charge in [-0.2, -0.15) is 0 Å². The molecule has 1 aromatic heterocycles. The standard InChI is InChI=1S/C18H16FN3O3S/c1-11-7-9-13(10-8-11)22-17(18(24)25-21-22)26-12(2)16(23)20-15-6-4-3-5-14(15)19/h3-10,12H,1-2H3,(H-,20,21,23,24)/p+1. The van der Waals surface area contributed by atoms with Crippen LogP contribution in [0.4, 0.5) is 10.1 Å². The SMILES string of the molecule is Cc1ccc(-[n+]2[nH]oc(=O)c2SC(C)C(=O)Nc2ccccc2F)cc1. The van der Waals surface area contributed by atoms with Crippen molar-refractivity contribution < 1.29 is 18.4 Å². The number of thioether (sulfide) groups is 1. The summed E-state index contributed by atoms with van der Waals surface area (Å²) in [5.41, 5.74) is 1.29. The van der Waals surface area contributed by atoms with Crippen molar-refractivity contribution in [3.8, 4) is 5.69 Å². The first-order chi connectivity index (χ1) is 12.5. The number of amides is 1. The predicted molar refractivity (Wildman–Crippen MR) is 95.9 cm³/mol. The van der Waals surface area contributed by atoms with Crippen LogP contribution in [-0.4, -0.2) is 16.4 Å². The van der Waals surface area contributed by atoms with Gasteiger partial charge in [-0.3, -0.25) is 9.32 Å². The number of carbonyl (C=O) groups is 1. The molecule has 26 heavy (non-hydrogen) atoms. The number of rotatable bonds is 5. The molecule has 1 atom stereocenters. The Bertz CT molecular complexity index is 982. The molecule has 8 heteroatoms. The first-order valence-corrected chi connectivity index (χ1v) is 8.76. The summed E-state index contributed by atoms with van der Waals surface area (Å²) in [6, 6.07) is 13.4. The van der Waals surface area contributed by atoms with E-state index in [0.29, 0.717) is 5.69 Å². The average Bonchev–Trinajstić information content (AvgIpc) is 2.98. The van der Waals surface area contributed by atoms with Crippen molar-refractivity contribution in [2.75, 3.05) is 5.32 Å². The Morgan fingerprint density at radius 2 is 1.92 bits per heavy atom. The molecule has 0 aliphatic carbocycles. The molecule has 1 heterocycles. The minimum absolute atomic E-state index is 0.0949. The van der Waals surface area contributed by atoms with Gasteiger partial charge < -0.3 is 5.32 Å². The number of aryl methyl sites for hydroxylation is 1. The Morgan fingerprint density at radius 1 is 1.23 bits per heavy atom. The van der Waals surface area contributed by atoms with Crippen LogP contribution in [0.1, 0.15) is 12.5 Å². The highest BCUT2D eigenvalue weighted by molar-refractivity contribution is 8.00. The van der Waals surface area contributed by atoms with Crippen LogP contribution in [-0.2, 0) is 4.79 Å². The number of para-hydroxylation sites is 1. The van der Waals surface area contributed by atoms with Crippen molar-refractivity contribution in [1.82, 2.24) is 5.27 Å². The molecule has 0 radical (unpaired) electrons. The molecule has 0 fully saturated rings. The Balaban J connectivity index is 1.79. The third-order valence-corrected chi connectivity index (χ3v) is 4.83. The van der Waals surface area contributed by atoms with Crippen molar-refractivity contribution in [2.24, 2.45) is 0 Å². The molecule has 0 spiro atoms. The first kappa shape index (κ1) is 17.9. The number of aromatic amines is 1. The number of H-pyrrole nitrogens is 1. The number of anilines is 1. The van der Waals surface area contributed by atoms with E-state index in [1.165, 1.54) is 16.8 Å². The molecule has 0 saturated carbocycles. The van der Waals surface area contributed by atoms with Crippen LogP contribution < -0.4 is 15.6 Å². The van der Waals surface area contributed by atoms with Crippen LogP contribution >= 0.6 is 11.8 Å². The van der Waals surface area contributed by atoms with E-state index < -0.39 is 22.6 Å². The van der Waals surface area contributed by atoms with Crippen molar-refractivity contribution in [1.29, 1.82) is 0 Å². The maximum absolute atomic E-state index is 13.7. The van der Waals surface area contributed by atoms with Crippen molar-refractivity contribution in [3.63, 3.8) is 0 Å². The summed E-state index contributed by atoms with van der Waals surface area (Å²) in [5, 5.41) is 4.63. The number of carbonyl (C=O) groups excluding carboxylic acids is 1. The number of nitrogens with one attached hydrogen (secondary N) is 2. The molecule has 6 nitrogen and oxygen atoms in total. The van der Waals surface area contributed by atoms with Crippen LogP contribution in [0.3, 0.4) is 0 Å². The van der Waals surface area contributed by atoms with E-state index in [1.54, 1.807) is 19.1 Å². The number of halogens is 1. The van der Waals surface area contributed by atoms with Gasteiger partial charge in [0, 0.05) is 12.1 Å². The largest absolute Gasteiger partial charge is 0.442 e. The zero-order valence-corrected chi connectivity index (χ0v) is 15.0. The van der Waals surface area contributed by atoms with Gasteiger partial charge in [-0.1, -0.05) is 29.8 Å². The third-order valence-electron chi connectivity index (χ3n) is 3.69. The molecule has 3 rings (SSSR count). The number of nitrogens with zero attached hydrogens (tertiary/aromatic N) is 1. The molecule has 1 unspecified atom stereocenters. The van der Waals surface area contributed by atoms with E-state index in [9.17, 15) is 14.0 Å². The fraction of sp³-hybridized carbons (Fsp3) is 0.167. The molecule has 0 bridgehead atoms. The van der Waals surface area contributed by atoms with Gasteiger partial charge in [-0.05, 0) is 47.7 Å². The van der Waals surface area contributed by atoms with E-state index in [2.05, 4.69) is 10.6 Å². The lowest BCUT2D eigenvalue weighted by molar-refractivity contribution is -0.704. The second-order valence-corrected chi connectivity index (χ2v) is 7.02. The Kier molecular flexibility index (Phi) is 5.22. The summed E-state index contributed by atoms with van der Waals surface area (Å²) in [4.78, 5) is 24.4. The van der Waals surface area contributed by atoms with Gasteiger partial charge in [-0.25, -0.2) is 9.18 Å². The lowest BCUT2D eigenvalue weighted by atomic mass is 10.2. The summed E-state index contributed by atoms with van der Waals surface area (Å²) in [6.07, 6.45) is 0. The highest BCUT2D eigenvalue weighted by Crippen LogP contribution is 2.21. The minimum atomic E-state index is -0.648. The van der Waals surface area contributed by atoms with Crippen LogP contribution in [0.5, 0.6) is 0 Å². The Morgan fingerprint density at radius 3 is 2.62 bits per heavy atom. The number of aromatic nitrogens is 2. The van der Waals surface area contributed by atoms with Gasteiger partial charge in [-0.15, -0.1) is 0 Å². The average molecular weight is 374 g/mol. The zero-order chi connectivity index (χ0) is 18.7. The van der Waals surface area contributed by atoms with Gasteiger partial charge in [0.15, 0.2) is 0 Å². The van der Waals surface area contributed by atoms with E-state index >= 15 is 0 Å². The minimum Gasteiger partial charge on any atom is -0.323 e. The summed E-state index contributed by atoms with van der Waals surface area (Å²) >= 11 is 1.03. The second kappa shape index (κ2) is 7.57. The highest BCUT2D eigenvalue weighted by Gasteiger charge is 2.29. The predicted octanol–water partition coefficient (Wildman–Crippen LogP) is 2.81. The quantitative estimate of drug-likeness (QED) is 0.532. The summed E-state index contributed by atoms with van der Waals surface area (Å²) in [7, 11) is 0. The van der Waals surface area contributed by atoms with Crippen molar-refractivity contribution in [2.45, 2.75) is 24.1 Å². The summed E-state index contributed by atoms with van der Waals surface area (Å²) in [5.74, 6) is -0.940. The van der Waals surface area contributed by atoms with Gasteiger partial charge >= 0.3 is 10.7 Å². The van der Waals surface area contributed by atoms with Crippen molar-refractivity contribution >= 4 is 23.4 Å². The molecule has 3 aromatic rings. The van der Waals surface area contributed by atoms with Crippen LogP contribution in [0.15, 0.2) is 62.9 Å². The molecular weight excluding hydrogens is 357 g/mol. The lowest BCUT2D eigenvalue weighted by Gasteiger charge is -2.09. The summed E-state index contributed by atoms with van der Waals surface area (Å²) < 4.78 is 20.0. The topological polar surface area (TPSA) is 79.0 Å². The summed E-state index contributed by atoms with van der Waals surface area (Å²) in [6.45, 7) is 3.59. The fourth-order valence-electron chi connectivity index (χ4n) is 2.25. The lowest BCUT2D eigenvalue weighted by Crippen LogP contribution is -2.37. The van der Waals surface area contributed by atoms with E-state index in [4.69, 9.17) is 4.52 Å².